The highest BCUT2D eigenvalue weighted by atomic mass is 35.6. The fourth-order valence-electron chi connectivity index (χ4n) is 2.11. The van der Waals surface area contributed by atoms with Crippen LogP contribution in [0.2, 0.25) is 0 Å². The summed E-state index contributed by atoms with van der Waals surface area (Å²) in [6.45, 7) is 2.24. The standard InChI is InChI=1S/C15H27Cl3O2/c1-2-3-4-5-6-7-8-9-10-11-12-13-14(19)20-15(16,17)18/h2-13H2,1H3. The molecule has 0 aliphatic heterocycles. The second-order valence-electron chi connectivity index (χ2n) is 5.21. The number of carbonyl (C=O) groups is 1. The van der Waals surface area contributed by atoms with E-state index in [1.54, 1.807) is 0 Å². The first kappa shape index (κ1) is 20.3. The highest BCUT2D eigenvalue weighted by Crippen LogP contribution is 2.28. The number of carbonyl (C=O) groups excluding carboxylic acids is 1. The molecule has 0 saturated heterocycles. The van der Waals surface area contributed by atoms with Crippen LogP contribution in [0, 0.1) is 0 Å². The number of ether oxygens (including phenoxy) is 1. The molecule has 0 N–H and O–H groups in total. The van der Waals surface area contributed by atoms with Crippen LogP contribution < -0.4 is 0 Å². The SMILES string of the molecule is CCCCCCCCCCCCCC(=O)OC(Cl)(Cl)Cl. The molecule has 0 aliphatic carbocycles. The van der Waals surface area contributed by atoms with E-state index in [2.05, 4.69) is 11.7 Å². The Morgan fingerprint density at radius 2 is 1.20 bits per heavy atom. The first-order valence-corrected chi connectivity index (χ1v) is 8.87. The number of hydrogen-bond acceptors (Lipinski definition) is 2. The van der Waals surface area contributed by atoms with Crippen LogP contribution in [0.5, 0.6) is 0 Å². The average Bonchev–Trinajstić information content (AvgIpc) is 2.34. The smallest absolute Gasteiger partial charge is 0.340 e. The van der Waals surface area contributed by atoms with Crippen molar-refractivity contribution in [1.82, 2.24) is 0 Å². The van der Waals surface area contributed by atoms with Crippen molar-refractivity contribution in [3.05, 3.63) is 0 Å². The van der Waals surface area contributed by atoms with Crippen LogP contribution in [0.15, 0.2) is 0 Å². The molecule has 0 rings (SSSR count). The molecule has 0 fully saturated rings. The summed E-state index contributed by atoms with van der Waals surface area (Å²) in [5.41, 5.74) is 0. The predicted molar refractivity (Wildman–Crippen MR) is 87.5 cm³/mol. The molecule has 120 valence electrons. The summed E-state index contributed by atoms with van der Waals surface area (Å²) in [7, 11) is 0. The Morgan fingerprint density at radius 3 is 1.60 bits per heavy atom. The quantitative estimate of drug-likeness (QED) is 0.227. The number of alkyl halides is 3. The molecule has 0 heterocycles. The van der Waals surface area contributed by atoms with Crippen LogP contribution in [0.4, 0.5) is 0 Å². The van der Waals surface area contributed by atoms with Gasteiger partial charge in [0.05, 0.1) is 0 Å². The first-order chi connectivity index (χ1) is 9.45. The fourth-order valence-corrected chi connectivity index (χ4v) is 2.37. The van der Waals surface area contributed by atoms with Crippen molar-refractivity contribution in [1.29, 1.82) is 0 Å². The Labute approximate surface area is 138 Å². The van der Waals surface area contributed by atoms with E-state index in [9.17, 15) is 4.79 Å². The van der Waals surface area contributed by atoms with E-state index in [0.29, 0.717) is 6.42 Å². The summed E-state index contributed by atoms with van der Waals surface area (Å²) in [6.07, 6.45) is 14.0. The molecule has 0 atom stereocenters. The van der Waals surface area contributed by atoms with E-state index in [1.807, 2.05) is 0 Å². The fraction of sp³-hybridized carbons (Fsp3) is 0.933. The average molecular weight is 346 g/mol. The summed E-state index contributed by atoms with van der Waals surface area (Å²) in [5, 5.41) is 0. The minimum absolute atomic E-state index is 0.324. The lowest BCUT2D eigenvalue weighted by atomic mass is 10.1. The van der Waals surface area contributed by atoms with Gasteiger partial charge in [-0.3, -0.25) is 4.79 Å². The highest BCUT2D eigenvalue weighted by molar-refractivity contribution is 6.66. The second-order valence-corrected chi connectivity index (χ2v) is 7.38. The maximum absolute atomic E-state index is 11.2. The lowest BCUT2D eigenvalue weighted by Gasteiger charge is -2.11. The van der Waals surface area contributed by atoms with Gasteiger partial charge in [0.15, 0.2) is 0 Å². The minimum atomic E-state index is -1.92. The van der Waals surface area contributed by atoms with Crippen molar-refractivity contribution in [3.8, 4) is 0 Å². The molecular weight excluding hydrogens is 319 g/mol. The Kier molecular flexibility index (Phi) is 13.3. The Balaban J connectivity index is 3.19. The lowest BCUT2D eigenvalue weighted by Crippen LogP contribution is -2.15. The maximum atomic E-state index is 11.2. The molecule has 0 amide bonds. The van der Waals surface area contributed by atoms with Crippen LogP contribution >= 0.6 is 34.8 Å². The third-order valence-corrected chi connectivity index (χ3v) is 3.45. The van der Waals surface area contributed by atoms with Gasteiger partial charge in [-0.25, -0.2) is 0 Å². The Bertz CT molecular complexity index is 240. The van der Waals surface area contributed by atoms with Crippen LogP contribution in [0.25, 0.3) is 0 Å². The number of unbranched alkanes of at least 4 members (excludes halogenated alkanes) is 10. The molecule has 0 aromatic heterocycles. The molecule has 20 heavy (non-hydrogen) atoms. The van der Waals surface area contributed by atoms with E-state index in [1.165, 1.54) is 51.4 Å². The number of hydrogen-bond donors (Lipinski definition) is 0. The van der Waals surface area contributed by atoms with Gasteiger partial charge in [-0.05, 0) is 41.2 Å². The van der Waals surface area contributed by atoms with Gasteiger partial charge in [0, 0.05) is 6.42 Å². The predicted octanol–water partition coefficient (Wildman–Crippen LogP) is 6.56. The maximum Gasteiger partial charge on any atom is 0.340 e. The van der Waals surface area contributed by atoms with Crippen molar-refractivity contribution < 1.29 is 9.53 Å². The van der Waals surface area contributed by atoms with Gasteiger partial charge in [-0.15, -0.1) is 0 Å². The molecular formula is C15H27Cl3O2. The molecule has 0 bridgehead atoms. The summed E-state index contributed by atoms with van der Waals surface area (Å²) in [5.74, 6) is -0.444. The normalized spacial score (nSPS) is 11.6. The monoisotopic (exact) mass is 344 g/mol. The minimum Gasteiger partial charge on any atom is -0.415 e. The number of halogens is 3. The molecule has 0 unspecified atom stereocenters. The molecule has 2 nitrogen and oxygen atoms in total. The van der Waals surface area contributed by atoms with Crippen LogP contribution in [-0.4, -0.2) is 9.95 Å². The van der Waals surface area contributed by atoms with Crippen molar-refractivity contribution in [2.75, 3.05) is 0 Å². The largest absolute Gasteiger partial charge is 0.415 e. The molecule has 0 saturated carbocycles. The lowest BCUT2D eigenvalue weighted by molar-refractivity contribution is -0.144. The molecule has 0 aromatic carbocycles. The number of rotatable bonds is 12. The van der Waals surface area contributed by atoms with Crippen molar-refractivity contribution in [3.63, 3.8) is 0 Å². The molecule has 0 radical (unpaired) electrons. The van der Waals surface area contributed by atoms with Crippen molar-refractivity contribution >= 4 is 40.8 Å². The van der Waals surface area contributed by atoms with E-state index < -0.39 is 9.95 Å². The molecule has 0 aromatic rings. The van der Waals surface area contributed by atoms with Gasteiger partial charge in [0.25, 0.3) is 0 Å². The Hall–Kier alpha value is 0.340. The van der Waals surface area contributed by atoms with E-state index in [4.69, 9.17) is 34.8 Å². The van der Waals surface area contributed by atoms with E-state index in [-0.39, 0.29) is 0 Å². The summed E-state index contributed by atoms with van der Waals surface area (Å²) < 4.78 is 2.67. The van der Waals surface area contributed by atoms with Crippen LogP contribution in [0.3, 0.4) is 0 Å². The van der Waals surface area contributed by atoms with Gasteiger partial charge >= 0.3 is 9.95 Å². The number of esters is 1. The summed E-state index contributed by atoms with van der Waals surface area (Å²) in [6, 6.07) is 0. The zero-order valence-corrected chi connectivity index (χ0v) is 14.7. The van der Waals surface area contributed by atoms with Gasteiger partial charge in [-0.2, -0.15) is 0 Å². The van der Waals surface area contributed by atoms with E-state index in [0.717, 1.165) is 19.3 Å². The third-order valence-electron chi connectivity index (χ3n) is 3.21. The van der Waals surface area contributed by atoms with Crippen molar-refractivity contribution in [2.45, 2.75) is 88.0 Å². The first-order valence-electron chi connectivity index (χ1n) is 7.74. The van der Waals surface area contributed by atoms with E-state index >= 15 is 0 Å². The van der Waals surface area contributed by atoms with Gasteiger partial charge in [0.2, 0.25) is 0 Å². The van der Waals surface area contributed by atoms with Gasteiger partial charge in [-0.1, -0.05) is 71.1 Å². The molecule has 0 aliphatic rings. The highest BCUT2D eigenvalue weighted by Gasteiger charge is 2.24. The van der Waals surface area contributed by atoms with Gasteiger partial charge < -0.3 is 4.74 Å². The van der Waals surface area contributed by atoms with Crippen molar-refractivity contribution in [2.24, 2.45) is 0 Å². The molecule has 0 spiro atoms. The van der Waals surface area contributed by atoms with Gasteiger partial charge in [0.1, 0.15) is 0 Å². The molecule has 5 heteroatoms. The summed E-state index contributed by atoms with van der Waals surface area (Å²) >= 11 is 16.1. The van der Waals surface area contributed by atoms with Crippen LogP contribution in [-0.2, 0) is 9.53 Å². The zero-order chi connectivity index (χ0) is 15.3. The third kappa shape index (κ3) is 16.4. The second kappa shape index (κ2) is 13.0. The van der Waals surface area contributed by atoms with Crippen LogP contribution in [0.1, 0.15) is 84.0 Å². The summed E-state index contributed by atoms with van der Waals surface area (Å²) in [4.78, 5) is 11.2. The topological polar surface area (TPSA) is 26.3 Å². The zero-order valence-electron chi connectivity index (χ0n) is 12.4. The Morgan fingerprint density at radius 1 is 0.800 bits per heavy atom.